The highest BCUT2D eigenvalue weighted by molar-refractivity contribution is 6.12. The smallest absolute Gasteiger partial charge is 0.0564 e. The first kappa shape index (κ1) is 39.7. The molecule has 0 unspecified atom stereocenters. The van der Waals surface area contributed by atoms with Crippen LogP contribution in [0.2, 0.25) is 0 Å². The van der Waals surface area contributed by atoms with Gasteiger partial charge in [0.1, 0.15) is 0 Å². The molecule has 6 aromatic carbocycles. The molecule has 8 aromatic rings. The molecular formula is C56H64N2. The van der Waals surface area contributed by atoms with Crippen LogP contribution in [0.4, 0.5) is 0 Å². The summed E-state index contributed by atoms with van der Waals surface area (Å²) in [6.07, 6.45) is 0. The van der Waals surface area contributed by atoms with Gasteiger partial charge in [-0.15, -0.1) is 0 Å². The Kier molecular flexibility index (Phi) is 9.05. The van der Waals surface area contributed by atoms with E-state index in [1.807, 2.05) is 0 Å². The minimum Gasteiger partial charge on any atom is -0.309 e. The second kappa shape index (κ2) is 13.2. The van der Waals surface area contributed by atoms with Gasteiger partial charge in [0.05, 0.1) is 33.4 Å². The van der Waals surface area contributed by atoms with Gasteiger partial charge in [0.15, 0.2) is 0 Å². The summed E-state index contributed by atoms with van der Waals surface area (Å²) in [7, 11) is 0. The number of aromatic nitrogens is 2. The summed E-state index contributed by atoms with van der Waals surface area (Å²) in [5.41, 5.74) is 16.4. The molecule has 298 valence electrons. The van der Waals surface area contributed by atoms with E-state index in [-0.39, 0.29) is 27.1 Å². The van der Waals surface area contributed by atoms with Gasteiger partial charge in [-0.25, -0.2) is 0 Å². The van der Waals surface area contributed by atoms with Gasteiger partial charge < -0.3 is 9.13 Å². The lowest BCUT2D eigenvalue weighted by atomic mass is 9.84. The quantitative estimate of drug-likeness (QED) is 0.170. The predicted octanol–water partition coefficient (Wildman–Crippen LogP) is 16.0. The topological polar surface area (TPSA) is 9.86 Å². The molecule has 0 radical (unpaired) electrons. The van der Waals surface area contributed by atoms with Gasteiger partial charge in [0, 0.05) is 27.1 Å². The van der Waals surface area contributed by atoms with Crippen LogP contribution in [0.1, 0.15) is 132 Å². The highest BCUT2D eigenvalue weighted by atomic mass is 15.0. The maximum atomic E-state index is 2.58. The van der Waals surface area contributed by atoms with Gasteiger partial charge >= 0.3 is 0 Å². The Balaban J connectivity index is 1.59. The van der Waals surface area contributed by atoms with Crippen molar-refractivity contribution >= 4 is 43.6 Å². The highest BCUT2D eigenvalue weighted by Crippen LogP contribution is 2.46. The van der Waals surface area contributed by atoms with Crippen molar-refractivity contribution in [3.8, 4) is 22.5 Å². The zero-order valence-corrected chi connectivity index (χ0v) is 37.9. The zero-order chi connectivity index (χ0) is 41.9. The molecule has 0 saturated heterocycles. The van der Waals surface area contributed by atoms with Crippen molar-refractivity contribution < 1.29 is 0 Å². The normalized spacial score (nSPS) is 13.4. The first-order chi connectivity index (χ1) is 26.9. The predicted molar refractivity (Wildman–Crippen MR) is 254 cm³/mol. The molecule has 0 bridgehead atoms. The van der Waals surface area contributed by atoms with Gasteiger partial charge in [-0.05, 0) is 121 Å². The molecule has 0 aliphatic carbocycles. The minimum atomic E-state index is -0.117. The van der Waals surface area contributed by atoms with Crippen LogP contribution in [0.15, 0.2) is 115 Å². The highest BCUT2D eigenvalue weighted by Gasteiger charge is 2.28. The van der Waals surface area contributed by atoms with E-state index in [4.69, 9.17) is 0 Å². The number of fused-ring (bicyclic) bond motifs is 6. The average Bonchev–Trinajstić information content (AvgIpc) is 3.64. The molecule has 0 spiro atoms. The van der Waals surface area contributed by atoms with Crippen molar-refractivity contribution in [1.29, 1.82) is 0 Å². The number of hydrogen-bond donors (Lipinski definition) is 0. The summed E-state index contributed by atoms with van der Waals surface area (Å²) in [5, 5.41) is 5.21. The fourth-order valence-electron chi connectivity index (χ4n) is 8.73. The van der Waals surface area contributed by atoms with E-state index in [1.54, 1.807) is 0 Å². The van der Waals surface area contributed by atoms with Crippen LogP contribution in [0.25, 0.3) is 66.1 Å². The second-order valence-electron chi connectivity index (χ2n) is 22.1. The van der Waals surface area contributed by atoms with Crippen LogP contribution < -0.4 is 0 Å². The van der Waals surface area contributed by atoms with E-state index in [0.717, 1.165) is 0 Å². The lowest BCUT2D eigenvalue weighted by Crippen LogP contribution is -2.15. The van der Waals surface area contributed by atoms with E-state index in [9.17, 15) is 0 Å². The number of nitrogens with zero attached hydrogens (tertiary/aromatic N) is 2. The van der Waals surface area contributed by atoms with Crippen LogP contribution in [0, 0.1) is 0 Å². The van der Waals surface area contributed by atoms with E-state index in [2.05, 4.69) is 228 Å². The van der Waals surface area contributed by atoms with E-state index in [1.165, 1.54) is 93.9 Å². The third-order valence-electron chi connectivity index (χ3n) is 12.5. The summed E-state index contributed by atoms with van der Waals surface area (Å²) in [6.45, 7) is 34.9. The van der Waals surface area contributed by atoms with Crippen molar-refractivity contribution in [2.24, 2.45) is 0 Å². The van der Waals surface area contributed by atoms with Crippen molar-refractivity contribution in [1.82, 2.24) is 9.13 Å². The Hall–Kier alpha value is -5.08. The van der Waals surface area contributed by atoms with Crippen LogP contribution in [0.5, 0.6) is 0 Å². The molecule has 8 rings (SSSR count). The zero-order valence-electron chi connectivity index (χ0n) is 37.9. The molecule has 2 heterocycles. The molecule has 0 saturated carbocycles. The van der Waals surface area contributed by atoms with Gasteiger partial charge in [-0.1, -0.05) is 158 Å². The maximum Gasteiger partial charge on any atom is 0.0564 e. The fourth-order valence-corrected chi connectivity index (χ4v) is 8.73. The Morgan fingerprint density at radius 3 is 0.828 bits per heavy atom. The van der Waals surface area contributed by atoms with Crippen LogP contribution in [-0.4, -0.2) is 9.13 Å². The Morgan fingerprint density at radius 1 is 0.293 bits per heavy atom. The largest absolute Gasteiger partial charge is 0.309 e. The Morgan fingerprint density at radius 2 is 0.569 bits per heavy atom. The van der Waals surface area contributed by atoms with Crippen molar-refractivity contribution in [3.05, 3.63) is 143 Å². The lowest BCUT2D eigenvalue weighted by Gasteiger charge is -2.27. The first-order valence-corrected chi connectivity index (χ1v) is 21.4. The summed E-state index contributed by atoms with van der Waals surface area (Å²) < 4.78 is 5.15. The van der Waals surface area contributed by atoms with Gasteiger partial charge in [-0.3, -0.25) is 0 Å². The third kappa shape index (κ3) is 6.77. The van der Waals surface area contributed by atoms with Gasteiger partial charge in [0.2, 0.25) is 0 Å². The molecule has 0 fully saturated rings. The number of rotatable bonds is 3. The number of benzene rings is 6. The van der Waals surface area contributed by atoms with Gasteiger partial charge in [0.25, 0.3) is 0 Å². The summed E-state index contributed by atoms with van der Waals surface area (Å²) in [6, 6.07) is 44.9. The van der Waals surface area contributed by atoms with Crippen molar-refractivity contribution in [2.75, 3.05) is 0 Å². The van der Waals surface area contributed by atoms with Gasteiger partial charge in [-0.2, -0.15) is 0 Å². The molecule has 58 heavy (non-hydrogen) atoms. The van der Waals surface area contributed by atoms with E-state index >= 15 is 0 Å². The molecule has 0 aliphatic rings. The van der Waals surface area contributed by atoms with Crippen molar-refractivity contribution in [2.45, 2.75) is 131 Å². The SMILES string of the molecule is CC(C)(C)c1cc(-n2c3ccc(C(C)(C)C)cc3c3cc(C(C)(C)C)ccc32)c(-c2ccccc2)c(-n2c3ccc(C(C)(C)C)cc3c3cc(C(C)(C)C)ccc32)c1. The summed E-state index contributed by atoms with van der Waals surface area (Å²) >= 11 is 0. The van der Waals surface area contributed by atoms with Crippen LogP contribution in [0.3, 0.4) is 0 Å². The van der Waals surface area contributed by atoms with Crippen molar-refractivity contribution in [3.63, 3.8) is 0 Å². The minimum absolute atomic E-state index is 0.0228. The number of hydrogen-bond acceptors (Lipinski definition) is 0. The summed E-state index contributed by atoms with van der Waals surface area (Å²) in [4.78, 5) is 0. The molecule has 2 nitrogen and oxygen atoms in total. The lowest BCUT2D eigenvalue weighted by molar-refractivity contribution is 0.589. The standard InChI is InChI=1S/C56H64N2/c1-52(2,3)36-21-25-45-41(29-36)42-30-37(53(4,5)6)22-26-46(42)57(45)49-33-40(56(13,14)15)34-50(51(49)35-19-17-16-18-20-35)58-47-27-23-38(54(7,8)9)31-43(47)44-32-39(55(10,11)12)24-28-48(44)58/h16-34H,1-15H3. The molecule has 0 atom stereocenters. The maximum absolute atomic E-state index is 2.58. The first-order valence-electron chi connectivity index (χ1n) is 21.4. The molecule has 2 aromatic heterocycles. The summed E-state index contributed by atoms with van der Waals surface area (Å²) in [5.74, 6) is 0. The third-order valence-corrected chi connectivity index (χ3v) is 12.5. The molecule has 0 amide bonds. The Bertz CT molecular complexity index is 2560. The molecule has 0 aliphatic heterocycles. The van der Waals surface area contributed by atoms with Crippen LogP contribution in [-0.2, 0) is 27.1 Å². The second-order valence-corrected chi connectivity index (χ2v) is 22.1. The Labute approximate surface area is 347 Å². The average molecular weight is 765 g/mol. The fraction of sp³-hybridized carbons (Fsp3) is 0.357. The molecule has 2 heteroatoms. The van der Waals surface area contributed by atoms with E-state index in [0.29, 0.717) is 0 Å². The molecule has 0 N–H and O–H groups in total. The van der Waals surface area contributed by atoms with E-state index < -0.39 is 0 Å². The van der Waals surface area contributed by atoms with Crippen LogP contribution >= 0.6 is 0 Å². The molecular weight excluding hydrogens is 701 g/mol. The monoisotopic (exact) mass is 765 g/mol.